The van der Waals surface area contributed by atoms with Gasteiger partial charge in [0.25, 0.3) is 0 Å². The summed E-state index contributed by atoms with van der Waals surface area (Å²) in [6.45, 7) is 8.92. The van der Waals surface area contributed by atoms with Crippen LogP contribution in [0.4, 0.5) is 5.69 Å². The van der Waals surface area contributed by atoms with Gasteiger partial charge in [0.1, 0.15) is 0 Å². The van der Waals surface area contributed by atoms with Gasteiger partial charge in [0.15, 0.2) is 0 Å². The maximum atomic E-state index is 12.3. The van der Waals surface area contributed by atoms with E-state index in [0.717, 1.165) is 28.6 Å². The Morgan fingerprint density at radius 3 is 2.50 bits per heavy atom. The van der Waals surface area contributed by atoms with Crippen LogP contribution in [0.3, 0.4) is 0 Å². The summed E-state index contributed by atoms with van der Waals surface area (Å²) in [5.41, 5.74) is 2.63. The molecule has 0 fully saturated rings. The average molecular weight is 363 g/mol. The Hall–Kier alpha value is -0.590. The molecular formula is C14H23BrN2O2S. The summed E-state index contributed by atoms with van der Waals surface area (Å²) < 4.78 is 28.1. The Morgan fingerprint density at radius 1 is 1.30 bits per heavy atom. The second-order valence-electron chi connectivity index (χ2n) is 5.10. The van der Waals surface area contributed by atoms with Crippen LogP contribution < -0.4 is 10.0 Å². The van der Waals surface area contributed by atoms with E-state index in [2.05, 4.69) is 32.9 Å². The third-order valence-electron chi connectivity index (χ3n) is 3.06. The van der Waals surface area contributed by atoms with Gasteiger partial charge in [-0.25, -0.2) is 8.42 Å². The number of sulfonamides is 1. The molecule has 0 aliphatic rings. The third-order valence-corrected chi connectivity index (χ3v) is 5.40. The molecule has 1 rings (SSSR count). The summed E-state index contributed by atoms with van der Waals surface area (Å²) in [4.78, 5) is 0. The van der Waals surface area contributed by atoms with E-state index in [-0.39, 0.29) is 0 Å². The molecule has 0 saturated carbocycles. The first kappa shape index (κ1) is 17.5. The highest BCUT2D eigenvalue weighted by atomic mass is 79.9. The van der Waals surface area contributed by atoms with Crippen molar-refractivity contribution in [3.8, 4) is 0 Å². The first-order valence-corrected chi connectivity index (χ1v) is 9.11. The number of hydrogen-bond acceptors (Lipinski definition) is 3. The van der Waals surface area contributed by atoms with E-state index < -0.39 is 15.3 Å². The summed E-state index contributed by atoms with van der Waals surface area (Å²) in [7, 11) is -3.39. The van der Waals surface area contributed by atoms with Gasteiger partial charge in [-0.05, 0) is 66.9 Å². The first-order valence-electron chi connectivity index (χ1n) is 6.77. The van der Waals surface area contributed by atoms with Crippen LogP contribution in [-0.2, 0) is 10.0 Å². The zero-order valence-corrected chi connectivity index (χ0v) is 14.9. The van der Waals surface area contributed by atoms with Crippen LogP contribution in [0.2, 0.25) is 0 Å². The lowest BCUT2D eigenvalue weighted by atomic mass is 10.1. The van der Waals surface area contributed by atoms with Gasteiger partial charge < -0.3 is 5.32 Å². The molecule has 6 heteroatoms. The van der Waals surface area contributed by atoms with Crippen LogP contribution in [0, 0.1) is 13.8 Å². The van der Waals surface area contributed by atoms with E-state index in [1.54, 1.807) is 6.92 Å². The number of benzene rings is 1. The van der Waals surface area contributed by atoms with Gasteiger partial charge in [0, 0.05) is 11.0 Å². The number of nitrogens with one attached hydrogen (secondary N) is 2. The number of rotatable bonds is 7. The van der Waals surface area contributed by atoms with Crippen molar-refractivity contribution in [3.63, 3.8) is 0 Å². The minimum absolute atomic E-state index is 0.450. The van der Waals surface area contributed by atoms with Crippen molar-refractivity contribution in [1.29, 1.82) is 0 Å². The fourth-order valence-electron chi connectivity index (χ4n) is 1.88. The topological polar surface area (TPSA) is 58.2 Å². The summed E-state index contributed by atoms with van der Waals surface area (Å²) >= 11 is 3.42. The van der Waals surface area contributed by atoms with Crippen LogP contribution in [0.25, 0.3) is 0 Å². The molecule has 1 aromatic carbocycles. The zero-order chi connectivity index (χ0) is 15.3. The predicted molar refractivity (Wildman–Crippen MR) is 88.8 cm³/mol. The molecule has 0 saturated heterocycles. The SMILES string of the molecule is CCCNCC(C)S(=O)(=O)Nc1c(C)cc(C)cc1Br. The highest BCUT2D eigenvalue weighted by Gasteiger charge is 2.22. The molecule has 0 heterocycles. The molecular weight excluding hydrogens is 340 g/mol. The first-order chi connectivity index (χ1) is 9.27. The Bertz CT molecular complexity index is 535. The van der Waals surface area contributed by atoms with E-state index in [4.69, 9.17) is 0 Å². The van der Waals surface area contributed by atoms with E-state index >= 15 is 0 Å². The van der Waals surface area contributed by atoms with E-state index in [9.17, 15) is 8.42 Å². The van der Waals surface area contributed by atoms with Gasteiger partial charge in [-0.1, -0.05) is 13.0 Å². The predicted octanol–water partition coefficient (Wildman–Crippen LogP) is 3.20. The molecule has 1 aromatic rings. The highest BCUT2D eigenvalue weighted by Crippen LogP contribution is 2.29. The lowest BCUT2D eigenvalue weighted by Crippen LogP contribution is -2.35. The third kappa shape index (κ3) is 4.75. The largest absolute Gasteiger partial charge is 0.315 e. The quantitative estimate of drug-likeness (QED) is 0.732. The van der Waals surface area contributed by atoms with Crippen molar-refractivity contribution in [3.05, 3.63) is 27.7 Å². The second-order valence-corrected chi connectivity index (χ2v) is 8.05. The second kappa shape index (κ2) is 7.43. The molecule has 0 aliphatic heterocycles. The molecule has 0 radical (unpaired) electrons. The summed E-state index contributed by atoms with van der Waals surface area (Å²) in [5.74, 6) is 0. The van der Waals surface area contributed by atoms with E-state index in [1.165, 1.54) is 0 Å². The molecule has 0 aromatic heterocycles. The molecule has 114 valence electrons. The Labute approximate surface area is 130 Å². The minimum Gasteiger partial charge on any atom is -0.315 e. The van der Waals surface area contributed by atoms with Crippen molar-refractivity contribution in [2.75, 3.05) is 17.8 Å². The molecule has 1 atom stereocenters. The number of anilines is 1. The maximum absolute atomic E-state index is 12.3. The normalized spacial score (nSPS) is 13.2. The van der Waals surface area contributed by atoms with Crippen LogP contribution in [0.5, 0.6) is 0 Å². The Morgan fingerprint density at radius 2 is 1.95 bits per heavy atom. The molecule has 20 heavy (non-hydrogen) atoms. The average Bonchev–Trinajstić information content (AvgIpc) is 2.34. The number of aryl methyl sites for hydroxylation is 2. The monoisotopic (exact) mass is 362 g/mol. The van der Waals surface area contributed by atoms with Crippen molar-refractivity contribution in [1.82, 2.24) is 5.32 Å². The van der Waals surface area contributed by atoms with Crippen LogP contribution in [0.1, 0.15) is 31.4 Å². The Kier molecular flexibility index (Phi) is 6.48. The smallest absolute Gasteiger partial charge is 0.236 e. The molecule has 0 amide bonds. The summed E-state index contributed by atoms with van der Waals surface area (Å²) in [5, 5.41) is 2.65. The van der Waals surface area contributed by atoms with Crippen molar-refractivity contribution in [2.24, 2.45) is 0 Å². The van der Waals surface area contributed by atoms with E-state index in [1.807, 2.05) is 26.0 Å². The van der Waals surface area contributed by atoms with Gasteiger partial charge >= 0.3 is 0 Å². The molecule has 1 unspecified atom stereocenters. The molecule has 2 N–H and O–H groups in total. The lowest BCUT2D eigenvalue weighted by Gasteiger charge is -2.18. The van der Waals surface area contributed by atoms with Crippen LogP contribution in [0.15, 0.2) is 16.6 Å². The Balaban J connectivity index is 2.86. The highest BCUT2D eigenvalue weighted by molar-refractivity contribution is 9.10. The fraction of sp³-hybridized carbons (Fsp3) is 0.571. The number of halogens is 1. The van der Waals surface area contributed by atoms with Gasteiger partial charge in [0.2, 0.25) is 10.0 Å². The molecule has 0 spiro atoms. The van der Waals surface area contributed by atoms with Crippen molar-refractivity contribution < 1.29 is 8.42 Å². The standard InChI is InChI=1S/C14H23BrN2O2S/c1-5-6-16-9-12(4)20(18,19)17-14-11(3)7-10(2)8-13(14)15/h7-8,12,16-17H,5-6,9H2,1-4H3. The maximum Gasteiger partial charge on any atom is 0.236 e. The molecule has 4 nitrogen and oxygen atoms in total. The van der Waals surface area contributed by atoms with Crippen molar-refractivity contribution >= 4 is 31.6 Å². The van der Waals surface area contributed by atoms with Crippen molar-refractivity contribution in [2.45, 2.75) is 39.4 Å². The zero-order valence-electron chi connectivity index (χ0n) is 12.5. The van der Waals surface area contributed by atoms with Gasteiger partial charge in [0.05, 0.1) is 10.9 Å². The van der Waals surface area contributed by atoms with E-state index in [0.29, 0.717) is 12.2 Å². The minimum atomic E-state index is -3.39. The lowest BCUT2D eigenvalue weighted by molar-refractivity contribution is 0.575. The van der Waals surface area contributed by atoms with Gasteiger partial charge in [-0.15, -0.1) is 0 Å². The molecule has 0 aliphatic carbocycles. The van der Waals surface area contributed by atoms with Gasteiger partial charge in [-0.3, -0.25) is 4.72 Å². The fourth-order valence-corrected chi connectivity index (χ4v) is 3.88. The van der Waals surface area contributed by atoms with Crippen LogP contribution >= 0.6 is 15.9 Å². The number of hydrogen-bond donors (Lipinski definition) is 2. The summed E-state index contributed by atoms with van der Waals surface area (Å²) in [6, 6.07) is 3.87. The summed E-state index contributed by atoms with van der Waals surface area (Å²) in [6.07, 6.45) is 0.989. The van der Waals surface area contributed by atoms with Gasteiger partial charge in [-0.2, -0.15) is 0 Å². The molecule has 0 bridgehead atoms. The van der Waals surface area contributed by atoms with Crippen LogP contribution in [-0.4, -0.2) is 26.8 Å².